The van der Waals surface area contributed by atoms with Crippen LogP contribution in [0.3, 0.4) is 0 Å². The fourth-order valence-electron chi connectivity index (χ4n) is 2.24. The molecule has 0 aromatic carbocycles. The fourth-order valence-corrected chi connectivity index (χ4v) is 2.24. The van der Waals surface area contributed by atoms with E-state index >= 15 is 0 Å². The number of aryl methyl sites for hydroxylation is 2. The molecule has 1 aromatic heterocycles. The maximum atomic E-state index is 4.72. The number of fused-ring (bicyclic) bond motifs is 1. The molecule has 0 radical (unpaired) electrons. The first-order valence-electron chi connectivity index (χ1n) is 6.04. The third-order valence-corrected chi connectivity index (χ3v) is 3.17. The van der Waals surface area contributed by atoms with Gasteiger partial charge in [-0.3, -0.25) is 0 Å². The van der Waals surface area contributed by atoms with E-state index in [1.54, 1.807) is 0 Å². The van der Waals surface area contributed by atoms with E-state index in [1.807, 2.05) is 0 Å². The Kier molecular flexibility index (Phi) is 3.03. The smallest absolute Gasteiger partial charge is 0.131 e. The van der Waals surface area contributed by atoms with Crippen LogP contribution in [-0.2, 0) is 12.8 Å². The van der Waals surface area contributed by atoms with Gasteiger partial charge in [0.15, 0.2) is 0 Å². The quantitative estimate of drug-likeness (QED) is 0.657. The highest BCUT2D eigenvalue weighted by atomic mass is 14.9. The highest BCUT2D eigenvalue weighted by molar-refractivity contribution is 5.27. The van der Waals surface area contributed by atoms with Crippen molar-refractivity contribution in [3.05, 3.63) is 22.8 Å². The van der Waals surface area contributed by atoms with Crippen LogP contribution in [0.25, 0.3) is 0 Å². The Hall–Kier alpha value is -0.920. The fraction of sp³-hybridized carbons (Fsp3) is 0.692. The molecule has 0 spiro atoms. The molecule has 0 fully saturated rings. The lowest BCUT2D eigenvalue weighted by atomic mass is 10.1. The SMILES string of the molecule is Cc1nc(C(C)C)nc2c1CCCCC2. The summed E-state index contributed by atoms with van der Waals surface area (Å²) in [6, 6.07) is 0. The van der Waals surface area contributed by atoms with Gasteiger partial charge in [-0.15, -0.1) is 0 Å². The van der Waals surface area contributed by atoms with E-state index < -0.39 is 0 Å². The molecule has 0 atom stereocenters. The molecule has 0 aliphatic heterocycles. The van der Waals surface area contributed by atoms with E-state index in [4.69, 9.17) is 4.98 Å². The third kappa shape index (κ3) is 2.19. The Morgan fingerprint density at radius 1 is 1.00 bits per heavy atom. The van der Waals surface area contributed by atoms with Gasteiger partial charge in [-0.25, -0.2) is 9.97 Å². The molecule has 2 heteroatoms. The van der Waals surface area contributed by atoms with Crippen molar-refractivity contribution in [2.24, 2.45) is 0 Å². The molecule has 2 rings (SSSR count). The molecule has 0 saturated heterocycles. The van der Waals surface area contributed by atoms with Gasteiger partial charge in [-0.2, -0.15) is 0 Å². The number of aromatic nitrogens is 2. The van der Waals surface area contributed by atoms with Gasteiger partial charge in [0, 0.05) is 17.3 Å². The molecule has 0 bridgehead atoms. The van der Waals surface area contributed by atoms with Gasteiger partial charge in [-0.1, -0.05) is 20.3 Å². The largest absolute Gasteiger partial charge is 0.238 e. The molecule has 1 aliphatic rings. The average Bonchev–Trinajstić information content (AvgIpc) is 2.42. The molecule has 1 heterocycles. The van der Waals surface area contributed by atoms with Crippen molar-refractivity contribution in [1.29, 1.82) is 0 Å². The van der Waals surface area contributed by atoms with Crippen LogP contribution in [0, 0.1) is 6.92 Å². The summed E-state index contributed by atoms with van der Waals surface area (Å²) in [5.74, 6) is 1.46. The Morgan fingerprint density at radius 2 is 1.73 bits per heavy atom. The summed E-state index contributed by atoms with van der Waals surface area (Å²) in [6.45, 7) is 6.47. The minimum absolute atomic E-state index is 0.442. The van der Waals surface area contributed by atoms with Crippen molar-refractivity contribution in [2.75, 3.05) is 0 Å². The molecule has 0 N–H and O–H groups in total. The predicted octanol–water partition coefficient (Wildman–Crippen LogP) is 3.18. The normalized spacial score (nSPS) is 16.3. The van der Waals surface area contributed by atoms with Crippen LogP contribution < -0.4 is 0 Å². The second-order valence-electron chi connectivity index (χ2n) is 4.81. The molecule has 15 heavy (non-hydrogen) atoms. The summed E-state index contributed by atoms with van der Waals surface area (Å²) in [5.41, 5.74) is 3.96. The third-order valence-electron chi connectivity index (χ3n) is 3.17. The van der Waals surface area contributed by atoms with Gasteiger partial charge in [0.1, 0.15) is 5.82 Å². The van der Waals surface area contributed by atoms with Crippen molar-refractivity contribution in [2.45, 2.75) is 58.8 Å². The predicted molar refractivity (Wildman–Crippen MR) is 62.1 cm³/mol. The summed E-state index contributed by atoms with van der Waals surface area (Å²) >= 11 is 0. The van der Waals surface area contributed by atoms with Crippen molar-refractivity contribution in [3.8, 4) is 0 Å². The van der Waals surface area contributed by atoms with Gasteiger partial charge in [0.25, 0.3) is 0 Å². The Labute approximate surface area is 92.1 Å². The van der Waals surface area contributed by atoms with Gasteiger partial charge in [0.2, 0.25) is 0 Å². The molecular weight excluding hydrogens is 184 g/mol. The van der Waals surface area contributed by atoms with E-state index in [-0.39, 0.29) is 0 Å². The van der Waals surface area contributed by atoms with Gasteiger partial charge in [0.05, 0.1) is 0 Å². The Balaban J connectivity index is 2.44. The standard InChI is InChI=1S/C13H20N2/c1-9(2)13-14-10(3)11-7-5-4-6-8-12(11)15-13/h9H,4-8H2,1-3H3. The highest BCUT2D eigenvalue weighted by Gasteiger charge is 2.15. The van der Waals surface area contributed by atoms with E-state index in [2.05, 4.69) is 25.8 Å². The Bertz CT molecular complexity index is 356. The van der Waals surface area contributed by atoms with E-state index in [0.717, 1.165) is 12.2 Å². The zero-order valence-electron chi connectivity index (χ0n) is 10.0. The molecule has 0 unspecified atom stereocenters. The number of nitrogens with zero attached hydrogens (tertiary/aromatic N) is 2. The minimum Gasteiger partial charge on any atom is -0.238 e. The van der Waals surface area contributed by atoms with Crippen LogP contribution in [-0.4, -0.2) is 9.97 Å². The molecule has 0 amide bonds. The first-order valence-corrected chi connectivity index (χ1v) is 6.04. The maximum Gasteiger partial charge on any atom is 0.131 e. The summed E-state index contributed by atoms with van der Waals surface area (Å²) in [5, 5.41) is 0. The monoisotopic (exact) mass is 204 g/mol. The van der Waals surface area contributed by atoms with Crippen LogP contribution in [0.5, 0.6) is 0 Å². The molecule has 1 aliphatic carbocycles. The molecular formula is C13H20N2. The first kappa shape index (κ1) is 10.6. The van der Waals surface area contributed by atoms with Crippen molar-refractivity contribution in [1.82, 2.24) is 9.97 Å². The molecule has 1 aromatic rings. The summed E-state index contributed by atoms with van der Waals surface area (Å²) < 4.78 is 0. The second kappa shape index (κ2) is 4.30. The topological polar surface area (TPSA) is 25.8 Å². The number of hydrogen-bond acceptors (Lipinski definition) is 2. The maximum absolute atomic E-state index is 4.72. The second-order valence-corrected chi connectivity index (χ2v) is 4.81. The summed E-state index contributed by atoms with van der Waals surface area (Å²) in [7, 11) is 0. The lowest BCUT2D eigenvalue weighted by molar-refractivity contribution is 0.705. The first-order chi connectivity index (χ1) is 7.18. The van der Waals surface area contributed by atoms with Gasteiger partial charge in [-0.05, 0) is 38.2 Å². The number of hydrogen-bond donors (Lipinski definition) is 0. The molecule has 0 saturated carbocycles. The van der Waals surface area contributed by atoms with Crippen LogP contribution in [0.4, 0.5) is 0 Å². The lowest BCUT2D eigenvalue weighted by Crippen LogP contribution is -2.07. The van der Waals surface area contributed by atoms with Crippen molar-refractivity contribution < 1.29 is 0 Å². The molecule has 82 valence electrons. The van der Waals surface area contributed by atoms with Gasteiger partial charge >= 0.3 is 0 Å². The van der Waals surface area contributed by atoms with Crippen LogP contribution in [0.1, 0.15) is 61.8 Å². The van der Waals surface area contributed by atoms with Crippen LogP contribution in [0.15, 0.2) is 0 Å². The van der Waals surface area contributed by atoms with Crippen LogP contribution >= 0.6 is 0 Å². The van der Waals surface area contributed by atoms with E-state index in [9.17, 15) is 0 Å². The van der Waals surface area contributed by atoms with E-state index in [0.29, 0.717) is 5.92 Å². The zero-order chi connectivity index (χ0) is 10.8. The summed E-state index contributed by atoms with van der Waals surface area (Å²) in [4.78, 5) is 9.34. The van der Waals surface area contributed by atoms with Crippen LogP contribution in [0.2, 0.25) is 0 Å². The van der Waals surface area contributed by atoms with Gasteiger partial charge < -0.3 is 0 Å². The average molecular weight is 204 g/mol. The Morgan fingerprint density at radius 3 is 2.47 bits per heavy atom. The highest BCUT2D eigenvalue weighted by Crippen LogP contribution is 2.22. The van der Waals surface area contributed by atoms with Crippen molar-refractivity contribution in [3.63, 3.8) is 0 Å². The molecule has 2 nitrogen and oxygen atoms in total. The van der Waals surface area contributed by atoms with E-state index in [1.165, 1.54) is 42.6 Å². The number of rotatable bonds is 1. The minimum atomic E-state index is 0.442. The van der Waals surface area contributed by atoms with Crippen molar-refractivity contribution >= 4 is 0 Å². The lowest BCUT2D eigenvalue weighted by Gasteiger charge is -2.12. The zero-order valence-corrected chi connectivity index (χ0v) is 10.0. The summed E-state index contributed by atoms with van der Waals surface area (Å²) in [6.07, 6.45) is 6.27.